The Bertz CT molecular complexity index is 469. The number of hydrogen-bond donors (Lipinski definition) is 3. The minimum absolute atomic E-state index is 0.175. The molecular weight excluding hydrogens is 206 g/mol. The number of nitrogens with one attached hydrogen (secondary N) is 2. The fourth-order valence-electron chi connectivity index (χ4n) is 1.84. The number of amides is 2. The van der Waals surface area contributed by atoms with E-state index in [1.807, 2.05) is 6.07 Å². The Balaban J connectivity index is 2.49. The Morgan fingerprint density at radius 2 is 2.25 bits per heavy atom. The Morgan fingerprint density at radius 1 is 1.50 bits per heavy atom. The lowest BCUT2D eigenvalue weighted by Crippen LogP contribution is -2.33. The summed E-state index contributed by atoms with van der Waals surface area (Å²) in [7, 11) is 0. The molecule has 84 valence electrons. The molecule has 1 aliphatic heterocycles. The van der Waals surface area contributed by atoms with Crippen LogP contribution in [0.1, 0.15) is 22.8 Å². The van der Waals surface area contributed by atoms with Crippen LogP contribution in [-0.2, 0) is 11.2 Å². The highest BCUT2D eigenvalue weighted by Gasteiger charge is 2.21. The molecule has 0 fully saturated rings. The van der Waals surface area contributed by atoms with Gasteiger partial charge in [-0.1, -0.05) is 6.07 Å². The van der Waals surface area contributed by atoms with E-state index >= 15 is 0 Å². The molecule has 1 aliphatic rings. The van der Waals surface area contributed by atoms with Gasteiger partial charge in [-0.2, -0.15) is 0 Å². The molecular formula is C11H13N3O2. The van der Waals surface area contributed by atoms with Crippen molar-refractivity contribution in [1.29, 1.82) is 0 Å². The van der Waals surface area contributed by atoms with Gasteiger partial charge in [-0.3, -0.25) is 9.59 Å². The minimum Gasteiger partial charge on any atom is -0.396 e. The standard InChI is InChI=1S/C11H13N3O2/c1-6(15)14-8-3-2-7-4-5-13-11(16)9(7)10(8)12/h2-3H,4-5,12H2,1H3,(H,13,16)(H,14,15). The van der Waals surface area contributed by atoms with E-state index in [0.717, 1.165) is 12.0 Å². The summed E-state index contributed by atoms with van der Waals surface area (Å²) in [5.41, 5.74) is 8.10. The largest absolute Gasteiger partial charge is 0.396 e. The first-order chi connectivity index (χ1) is 7.59. The molecule has 1 aromatic rings. The predicted molar refractivity (Wildman–Crippen MR) is 61.2 cm³/mol. The SMILES string of the molecule is CC(=O)Nc1ccc2c(c1N)C(=O)NCC2. The van der Waals surface area contributed by atoms with Crippen molar-refractivity contribution in [2.75, 3.05) is 17.6 Å². The lowest BCUT2D eigenvalue weighted by Gasteiger charge is -2.20. The van der Waals surface area contributed by atoms with Gasteiger partial charge in [0.1, 0.15) is 0 Å². The van der Waals surface area contributed by atoms with E-state index in [1.165, 1.54) is 6.92 Å². The lowest BCUT2D eigenvalue weighted by molar-refractivity contribution is -0.114. The zero-order valence-corrected chi connectivity index (χ0v) is 8.96. The van der Waals surface area contributed by atoms with Gasteiger partial charge < -0.3 is 16.4 Å². The lowest BCUT2D eigenvalue weighted by atomic mass is 9.97. The molecule has 0 unspecified atom stereocenters. The van der Waals surface area contributed by atoms with E-state index in [-0.39, 0.29) is 11.8 Å². The molecule has 0 saturated carbocycles. The van der Waals surface area contributed by atoms with E-state index in [2.05, 4.69) is 10.6 Å². The van der Waals surface area contributed by atoms with Crippen LogP contribution in [0.25, 0.3) is 0 Å². The summed E-state index contributed by atoms with van der Waals surface area (Å²) in [5, 5.41) is 5.33. The van der Waals surface area contributed by atoms with Crippen molar-refractivity contribution in [2.24, 2.45) is 0 Å². The van der Waals surface area contributed by atoms with Crippen LogP contribution in [-0.4, -0.2) is 18.4 Å². The Labute approximate surface area is 93.0 Å². The topological polar surface area (TPSA) is 84.2 Å². The normalized spacial score (nSPS) is 13.9. The first kappa shape index (κ1) is 10.5. The Morgan fingerprint density at radius 3 is 2.94 bits per heavy atom. The summed E-state index contributed by atoms with van der Waals surface area (Å²) in [5.74, 6) is -0.381. The van der Waals surface area contributed by atoms with Gasteiger partial charge in [-0.15, -0.1) is 0 Å². The van der Waals surface area contributed by atoms with Crippen LogP contribution in [0, 0.1) is 0 Å². The maximum absolute atomic E-state index is 11.6. The summed E-state index contributed by atoms with van der Waals surface area (Å²) >= 11 is 0. The number of nitrogen functional groups attached to an aromatic ring is 1. The van der Waals surface area contributed by atoms with Gasteiger partial charge in [0.15, 0.2) is 0 Å². The predicted octanol–water partition coefficient (Wildman–Crippen LogP) is 0.513. The smallest absolute Gasteiger partial charge is 0.253 e. The van der Waals surface area contributed by atoms with Crippen LogP contribution in [0.3, 0.4) is 0 Å². The first-order valence-electron chi connectivity index (χ1n) is 5.06. The van der Waals surface area contributed by atoms with Gasteiger partial charge in [0.25, 0.3) is 5.91 Å². The molecule has 1 heterocycles. The number of carbonyl (C=O) groups excluding carboxylic acids is 2. The van der Waals surface area contributed by atoms with Gasteiger partial charge in [-0.25, -0.2) is 0 Å². The number of nitrogens with two attached hydrogens (primary N) is 1. The third-order valence-corrected chi connectivity index (χ3v) is 2.55. The number of benzene rings is 1. The van der Waals surface area contributed by atoms with Gasteiger partial charge in [0.05, 0.1) is 16.9 Å². The highest BCUT2D eigenvalue weighted by Crippen LogP contribution is 2.28. The summed E-state index contributed by atoms with van der Waals surface area (Å²) < 4.78 is 0. The molecule has 5 heteroatoms. The van der Waals surface area contributed by atoms with E-state index < -0.39 is 0 Å². The van der Waals surface area contributed by atoms with Crippen molar-refractivity contribution in [3.8, 4) is 0 Å². The molecule has 0 spiro atoms. The molecule has 2 amide bonds. The fraction of sp³-hybridized carbons (Fsp3) is 0.273. The fourth-order valence-corrected chi connectivity index (χ4v) is 1.84. The molecule has 5 nitrogen and oxygen atoms in total. The van der Waals surface area contributed by atoms with E-state index in [9.17, 15) is 9.59 Å². The molecule has 0 aromatic heterocycles. The minimum atomic E-state index is -0.206. The molecule has 0 radical (unpaired) electrons. The second-order valence-corrected chi connectivity index (χ2v) is 3.75. The molecule has 16 heavy (non-hydrogen) atoms. The molecule has 1 aromatic carbocycles. The first-order valence-corrected chi connectivity index (χ1v) is 5.06. The maximum atomic E-state index is 11.6. The van der Waals surface area contributed by atoms with E-state index in [0.29, 0.717) is 23.5 Å². The van der Waals surface area contributed by atoms with Gasteiger partial charge in [-0.05, 0) is 18.1 Å². The van der Waals surface area contributed by atoms with E-state index in [1.54, 1.807) is 6.07 Å². The van der Waals surface area contributed by atoms with Crippen molar-refractivity contribution in [2.45, 2.75) is 13.3 Å². The second-order valence-electron chi connectivity index (χ2n) is 3.75. The zero-order valence-electron chi connectivity index (χ0n) is 8.96. The number of hydrogen-bond acceptors (Lipinski definition) is 3. The van der Waals surface area contributed by atoms with Crippen LogP contribution in [0.15, 0.2) is 12.1 Å². The van der Waals surface area contributed by atoms with Crippen LogP contribution >= 0.6 is 0 Å². The number of rotatable bonds is 1. The highest BCUT2D eigenvalue weighted by atomic mass is 16.2. The molecule has 4 N–H and O–H groups in total. The van der Waals surface area contributed by atoms with Crippen LogP contribution < -0.4 is 16.4 Å². The highest BCUT2D eigenvalue weighted by molar-refractivity contribution is 6.06. The molecule has 0 aliphatic carbocycles. The van der Waals surface area contributed by atoms with Crippen molar-refractivity contribution >= 4 is 23.2 Å². The average Bonchev–Trinajstić information content (AvgIpc) is 2.22. The van der Waals surface area contributed by atoms with E-state index in [4.69, 9.17) is 5.73 Å². The van der Waals surface area contributed by atoms with Crippen LogP contribution in [0.2, 0.25) is 0 Å². The maximum Gasteiger partial charge on any atom is 0.253 e. The number of fused-ring (bicyclic) bond motifs is 1. The average molecular weight is 219 g/mol. The summed E-state index contributed by atoms with van der Waals surface area (Å²) in [6, 6.07) is 3.56. The summed E-state index contributed by atoms with van der Waals surface area (Å²) in [6.45, 7) is 2.03. The Hall–Kier alpha value is -2.04. The molecule has 2 rings (SSSR count). The quantitative estimate of drug-likeness (QED) is 0.602. The third-order valence-electron chi connectivity index (χ3n) is 2.55. The van der Waals surface area contributed by atoms with Crippen molar-refractivity contribution in [3.05, 3.63) is 23.3 Å². The third kappa shape index (κ3) is 1.71. The number of carbonyl (C=O) groups is 2. The molecule has 0 bridgehead atoms. The van der Waals surface area contributed by atoms with Crippen molar-refractivity contribution in [1.82, 2.24) is 5.32 Å². The zero-order chi connectivity index (χ0) is 11.7. The molecule has 0 saturated heterocycles. The Kier molecular flexibility index (Phi) is 2.52. The van der Waals surface area contributed by atoms with Crippen LogP contribution in [0.4, 0.5) is 11.4 Å². The van der Waals surface area contributed by atoms with Gasteiger partial charge in [0, 0.05) is 13.5 Å². The second kappa shape index (κ2) is 3.84. The summed E-state index contributed by atoms with van der Waals surface area (Å²) in [4.78, 5) is 22.6. The van der Waals surface area contributed by atoms with Crippen molar-refractivity contribution < 1.29 is 9.59 Å². The van der Waals surface area contributed by atoms with Crippen molar-refractivity contribution in [3.63, 3.8) is 0 Å². The monoisotopic (exact) mass is 219 g/mol. The van der Waals surface area contributed by atoms with Gasteiger partial charge >= 0.3 is 0 Å². The van der Waals surface area contributed by atoms with Gasteiger partial charge in [0.2, 0.25) is 5.91 Å². The van der Waals surface area contributed by atoms with Crippen LogP contribution in [0.5, 0.6) is 0 Å². The number of anilines is 2. The summed E-state index contributed by atoms with van der Waals surface area (Å²) in [6.07, 6.45) is 0.769. The molecule has 0 atom stereocenters.